The Morgan fingerprint density at radius 1 is 1.53 bits per heavy atom. The van der Waals surface area contributed by atoms with Crippen LogP contribution in [0.15, 0.2) is 29.4 Å². The summed E-state index contributed by atoms with van der Waals surface area (Å²) >= 11 is 0. The average Bonchev–Trinajstić information content (AvgIpc) is 2.25. The Labute approximate surface area is 87.3 Å². The molecular weight excluding hydrogens is 194 g/mol. The smallest absolute Gasteiger partial charge is 0.163 e. The molecule has 0 unspecified atom stereocenters. The second-order valence-corrected chi connectivity index (χ2v) is 2.86. The van der Waals surface area contributed by atoms with Gasteiger partial charge in [0.15, 0.2) is 5.78 Å². The number of hydrogen-bond donors (Lipinski definition) is 0. The van der Waals surface area contributed by atoms with Gasteiger partial charge < -0.3 is 4.74 Å². The minimum absolute atomic E-state index is 0.0469. The average molecular weight is 205 g/mol. The molecule has 0 saturated carbocycles. The highest BCUT2D eigenvalue weighted by molar-refractivity contribution is 5.96. The number of azide groups is 1. The molecule has 0 spiro atoms. The van der Waals surface area contributed by atoms with Crippen LogP contribution in [0.1, 0.15) is 17.3 Å². The molecule has 5 nitrogen and oxygen atoms in total. The Hall–Kier alpha value is -2.00. The van der Waals surface area contributed by atoms with Crippen LogP contribution in [0.25, 0.3) is 10.4 Å². The van der Waals surface area contributed by atoms with Gasteiger partial charge in [0.25, 0.3) is 0 Å². The van der Waals surface area contributed by atoms with Crippen LogP contribution in [-0.4, -0.2) is 18.9 Å². The lowest BCUT2D eigenvalue weighted by Gasteiger charge is -2.07. The summed E-state index contributed by atoms with van der Waals surface area (Å²) in [7, 11) is 0. The van der Waals surface area contributed by atoms with Gasteiger partial charge in [0.05, 0.1) is 18.7 Å². The molecule has 78 valence electrons. The zero-order valence-corrected chi connectivity index (χ0v) is 8.38. The van der Waals surface area contributed by atoms with Gasteiger partial charge in [0.2, 0.25) is 0 Å². The van der Waals surface area contributed by atoms with E-state index in [9.17, 15) is 4.79 Å². The minimum Gasteiger partial charge on any atom is -0.493 e. The van der Waals surface area contributed by atoms with Gasteiger partial charge in [0, 0.05) is 4.91 Å². The number of para-hydroxylation sites is 1. The Kier molecular flexibility index (Phi) is 4.19. The maximum atomic E-state index is 11.2. The van der Waals surface area contributed by atoms with Gasteiger partial charge >= 0.3 is 0 Å². The van der Waals surface area contributed by atoms with Gasteiger partial charge in [-0.2, -0.15) is 0 Å². The SMILES string of the molecule is CC(=O)c1ccccc1OCCN=[N+]=[N-]. The molecule has 1 aromatic rings. The Morgan fingerprint density at radius 3 is 2.93 bits per heavy atom. The zero-order valence-electron chi connectivity index (χ0n) is 8.38. The first-order valence-electron chi connectivity index (χ1n) is 4.49. The molecular formula is C10H11N3O2. The number of ketones is 1. The third-order valence-electron chi connectivity index (χ3n) is 1.78. The van der Waals surface area contributed by atoms with E-state index in [0.29, 0.717) is 11.3 Å². The fourth-order valence-electron chi connectivity index (χ4n) is 1.12. The van der Waals surface area contributed by atoms with Crippen molar-refractivity contribution in [2.45, 2.75) is 6.92 Å². The second kappa shape index (κ2) is 5.67. The summed E-state index contributed by atoms with van der Waals surface area (Å²) in [6, 6.07) is 6.98. The fourth-order valence-corrected chi connectivity index (χ4v) is 1.12. The molecule has 0 aliphatic heterocycles. The first-order chi connectivity index (χ1) is 7.25. The van der Waals surface area contributed by atoms with E-state index in [1.807, 2.05) is 0 Å². The van der Waals surface area contributed by atoms with E-state index in [0.717, 1.165) is 0 Å². The number of rotatable bonds is 5. The predicted octanol–water partition coefficient (Wildman–Crippen LogP) is 2.58. The van der Waals surface area contributed by atoms with Crippen LogP contribution in [0, 0.1) is 0 Å². The molecule has 0 atom stereocenters. The molecule has 0 heterocycles. The van der Waals surface area contributed by atoms with Gasteiger partial charge in [0.1, 0.15) is 5.75 Å². The molecule has 5 heteroatoms. The van der Waals surface area contributed by atoms with Crippen molar-refractivity contribution < 1.29 is 9.53 Å². The molecule has 0 aliphatic rings. The standard InChI is InChI=1S/C10H11N3O2/c1-8(14)9-4-2-3-5-10(9)15-7-6-12-13-11/h2-5H,6-7H2,1H3. The number of hydrogen-bond acceptors (Lipinski definition) is 3. The first kappa shape index (κ1) is 11.1. The Balaban J connectivity index is 2.67. The van der Waals surface area contributed by atoms with Crippen LogP contribution in [0.4, 0.5) is 0 Å². The van der Waals surface area contributed by atoms with E-state index in [1.165, 1.54) is 6.92 Å². The lowest BCUT2D eigenvalue weighted by Crippen LogP contribution is -2.04. The van der Waals surface area contributed by atoms with Crippen LogP contribution < -0.4 is 4.74 Å². The molecule has 0 saturated heterocycles. The molecule has 1 rings (SSSR count). The Bertz CT molecular complexity index is 397. The fraction of sp³-hybridized carbons (Fsp3) is 0.300. The second-order valence-electron chi connectivity index (χ2n) is 2.86. The zero-order chi connectivity index (χ0) is 11.1. The van der Waals surface area contributed by atoms with Gasteiger partial charge in [-0.1, -0.05) is 17.2 Å². The molecule has 0 radical (unpaired) electrons. The molecule has 0 N–H and O–H groups in total. The molecule has 0 aromatic heterocycles. The van der Waals surface area contributed by atoms with Crippen LogP contribution in [-0.2, 0) is 0 Å². The summed E-state index contributed by atoms with van der Waals surface area (Å²) in [6.07, 6.45) is 0. The number of benzene rings is 1. The van der Waals surface area contributed by atoms with E-state index in [-0.39, 0.29) is 18.9 Å². The van der Waals surface area contributed by atoms with Gasteiger partial charge in [-0.05, 0) is 24.6 Å². The van der Waals surface area contributed by atoms with Crippen molar-refractivity contribution >= 4 is 5.78 Å². The number of nitrogens with zero attached hydrogens (tertiary/aromatic N) is 3. The highest BCUT2D eigenvalue weighted by Gasteiger charge is 2.06. The van der Waals surface area contributed by atoms with E-state index in [1.54, 1.807) is 24.3 Å². The van der Waals surface area contributed by atoms with Gasteiger partial charge in [-0.25, -0.2) is 0 Å². The third kappa shape index (κ3) is 3.32. The van der Waals surface area contributed by atoms with Crippen molar-refractivity contribution in [3.05, 3.63) is 40.3 Å². The first-order valence-corrected chi connectivity index (χ1v) is 4.49. The van der Waals surface area contributed by atoms with Gasteiger partial charge in [-0.3, -0.25) is 4.79 Å². The number of Topliss-reactive ketones (excluding diaryl/α,β-unsaturated/α-hetero) is 1. The van der Waals surface area contributed by atoms with Crippen LogP contribution in [0.5, 0.6) is 5.75 Å². The summed E-state index contributed by atoms with van der Waals surface area (Å²) in [5.74, 6) is 0.479. The number of ether oxygens (including phenoxy) is 1. The molecule has 0 amide bonds. The van der Waals surface area contributed by atoms with Crippen molar-refractivity contribution in [3.8, 4) is 5.75 Å². The monoisotopic (exact) mass is 205 g/mol. The summed E-state index contributed by atoms with van der Waals surface area (Å²) < 4.78 is 5.31. The van der Waals surface area contributed by atoms with Crippen LogP contribution in [0.3, 0.4) is 0 Å². The molecule has 1 aromatic carbocycles. The lowest BCUT2D eigenvalue weighted by atomic mass is 10.1. The third-order valence-corrected chi connectivity index (χ3v) is 1.78. The summed E-state index contributed by atoms with van der Waals surface area (Å²) in [4.78, 5) is 13.8. The number of carbonyl (C=O) groups is 1. The molecule has 15 heavy (non-hydrogen) atoms. The van der Waals surface area contributed by atoms with Crippen molar-refractivity contribution in [2.75, 3.05) is 13.2 Å². The summed E-state index contributed by atoms with van der Waals surface area (Å²) in [5, 5.41) is 3.33. The van der Waals surface area contributed by atoms with Crippen molar-refractivity contribution in [1.82, 2.24) is 0 Å². The largest absolute Gasteiger partial charge is 0.493 e. The van der Waals surface area contributed by atoms with Crippen LogP contribution >= 0.6 is 0 Å². The maximum absolute atomic E-state index is 11.2. The topological polar surface area (TPSA) is 75.1 Å². The van der Waals surface area contributed by atoms with Gasteiger partial charge in [-0.15, -0.1) is 0 Å². The highest BCUT2D eigenvalue weighted by Crippen LogP contribution is 2.17. The summed E-state index contributed by atoms with van der Waals surface area (Å²) in [6.45, 7) is 2.01. The van der Waals surface area contributed by atoms with E-state index < -0.39 is 0 Å². The van der Waals surface area contributed by atoms with Crippen molar-refractivity contribution in [3.63, 3.8) is 0 Å². The maximum Gasteiger partial charge on any atom is 0.163 e. The molecule has 0 aliphatic carbocycles. The summed E-state index contributed by atoms with van der Waals surface area (Å²) in [5.41, 5.74) is 8.60. The van der Waals surface area contributed by atoms with E-state index in [2.05, 4.69) is 10.0 Å². The highest BCUT2D eigenvalue weighted by atomic mass is 16.5. The van der Waals surface area contributed by atoms with Crippen molar-refractivity contribution in [1.29, 1.82) is 0 Å². The predicted molar refractivity (Wildman–Crippen MR) is 56.0 cm³/mol. The van der Waals surface area contributed by atoms with E-state index >= 15 is 0 Å². The molecule has 0 bridgehead atoms. The van der Waals surface area contributed by atoms with Crippen LogP contribution in [0.2, 0.25) is 0 Å². The lowest BCUT2D eigenvalue weighted by molar-refractivity contribution is 0.101. The minimum atomic E-state index is -0.0469. The van der Waals surface area contributed by atoms with E-state index in [4.69, 9.17) is 10.3 Å². The number of carbonyl (C=O) groups excluding carboxylic acids is 1. The Morgan fingerprint density at radius 2 is 2.27 bits per heavy atom. The quantitative estimate of drug-likeness (QED) is 0.243. The normalized spacial score (nSPS) is 9.13. The molecule has 0 fully saturated rings. The van der Waals surface area contributed by atoms with Crippen molar-refractivity contribution in [2.24, 2.45) is 5.11 Å².